The Hall–Kier alpha value is -2.04. The molecule has 4 heteroatoms. The third-order valence-corrected chi connectivity index (χ3v) is 2.94. The number of fused-ring (bicyclic) bond motifs is 1. The molecule has 0 saturated heterocycles. The van der Waals surface area contributed by atoms with E-state index < -0.39 is 0 Å². The van der Waals surface area contributed by atoms with Gasteiger partial charge in [-0.1, -0.05) is 6.07 Å². The van der Waals surface area contributed by atoms with Gasteiger partial charge in [0.2, 0.25) is 0 Å². The number of hydrogen-bond acceptors (Lipinski definition) is 4. The Balaban J connectivity index is 2.93. The Morgan fingerprint density at radius 1 is 1.21 bits per heavy atom. The molecule has 0 amide bonds. The minimum atomic E-state index is 0.404. The Labute approximate surface area is 84.6 Å². The van der Waals surface area contributed by atoms with Crippen LogP contribution in [0.5, 0.6) is 0 Å². The molecule has 0 bridgehead atoms. The van der Waals surface area contributed by atoms with Crippen LogP contribution in [0, 0.1) is 22.7 Å². The summed E-state index contributed by atoms with van der Waals surface area (Å²) in [5.41, 5.74) is 6.46. The summed E-state index contributed by atoms with van der Waals surface area (Å²) in [7, 11) is 0. The van der Waals surface area contributed by atoms with Crippen LogP contribution < -0.4 is 5.73 Å². The Morgan fingerprint density at radius 3 is 2.64 bits per heavy atom. The van der Waals surface area contributed by atoms with Crippen LogP contribution in [-0.2, 0) is 0 Å². The summed E-state index contributed by atoms with van der Waals surface area (Å²) in [5.74, 6) is 0. The molecule has 14 heavy (non-hydrogen) atoms. The van der Waals surface area contributed by atoms with Crippen molar-refractivity contribution in [2.24, 2.45) is 0 Å². The zero-order valence-electron chi connectivity index (χ0n) is 7.11. The number of anilines is 1. The van der Waals surface area contributed by atoms with E-state index in [9.17, 15) is 0 Å². The maximum absolute atomic E-state index is 8.92. The predicted molar refractivity (Wildman–Crippen MR) is 55.7 cm³/mol. The molecule has 66 valence electrons. The van der Waals surface area contributed by atoms with Gasteiger partial charge in [0.05, 0.1) is 20.8 Å². The van der Waals surface area contributed by atoms with Crippen LogP contribution in [0.3, 0.4) is 0 Å². The van der Waals surface area contributed by atoms with Gasteiger partial charge in [-0.05, 0) is 17.5 Å². The second kappa shape index (κ2) is 3.02. The van der Waals surface area contributed by atoms with Gasteiger partial charge in [-0.2, -0.15) is 10.5 Å². The van der Waals surface area contributed by atoms with Crippen molar-refractivity contribution in [1.29, 1.82) is 10.5 Å². The highest BCUT2D eigenvalue weighted by Gasteiger charge is 2.09. The van der Waals surface area contributed by atoms with E-state index in [1.807, 2.05) is 24.3 Å². The average molecular weight is 199 g/mol. The summed E-state index contributed by atoms with van der Waals surface area (Å²) in [6.45, 7) is 0. The maximum Gasteiger partial charge on any atom is 0.102 e. The largest absolute Gasteiger partial charge is 0.391 e. The lowest BCUT2D eigenvalue weighted by molar-refractivity contribution is 1.46. The van der Waals surface area contributed by atoms with Crippen molar-refractivity contribution in [3.05, 3.63) is 29.3 Å². The lowest BCUT2D eigenvalue weighted by Crippen LogP contribution is -1.82. The number of rotatable bonds is 0. The van der Waals surface area contributed by atoms with E-state index in [-0.39, 0.29) is 0 Å². The lowest BCUT2D eigenvalue weighted by atomic mass is 10.1. The molecule has 0 fully saturated rings. The fraction of sp³-hybridized carbons (Fsp3) is 0. The highest BCUT2D eigenvalue weighted by atomic mass is 32.1. The van der Waals surface area contributed by atoms with E-state index in [4.69, 9.17) is 16.3 Å². The number of nitrogens with zero attached hydrogens (tertiary/aromatic N) is 2. The number of hydrogen-bond donors (Lipinski definition) is 1. The van der Waals surface area contributed by atoms with Crippen LogP contribution in [-0.4, -0.2) is 0 Å². The molecule has 2 rings (SSSR count). The molecule has 0 aliphatic heterocycles. The Bertz CT molecular complexity index is 584. The van der Waals surface area contributed by atoms with E-state index >= 15 is 0 Å². The maximum atomic E-state index is 8.92. The summed E-state index contributed by atoms with van der Waals surface area (Å²) in [6.07, 6.45) is 0. The van der Waals surface area contributed by atoms with Gasteiger partial charge in [0.15, 0.2) is 0 Å². The van der Waals surface area contributed by atoms with Crippen molar-refractivity contribution in [2.75, 3.05) is 5.73 Å². The first-order chi connectivity index (χ1) is 6.76. The smallest absolute Gasteiger partial charge is 0.102 e. The van der Waals surface area contributed by atoms with Gasteiger partial charge >= 0.3 is 0 Å². The fourth-order valence-electron chi connectivity index (χ4n) is 1.33. The van der Waals surface area contributed by atoms with Crippen LogP contribution in [0.4, 0.5) is 5.00 Å². The summed E-state index contributed by atoms with van der Waals surface area (Å²) in [4.78, 5) is 0. The number of thiophene rings is 1. The summed E-state index contributed by atoms with van der Waals surface area (Å²) in [6, 6.07) is 9.29. The van der Waals surface area contributed by atoms with Gasteiger partial charge in [0.25, 0.3) is 0 Å². The van der Waals surface area contributed by atoms with E-state index in [1.165, 1.54) is 11.3 Å². The van der Waals surface area contributed by atoms with Gasteiger partial charge < -0.3 is 5.73 Å². The van der Waals surface area contributed by atoms with E-state index in [0.29, 0.717) is 16.1 Å². The third kappa shape index (κ3) is 1.10. The quantitative estimate of drug-likeness (QED) is 0.707. The van der Waals surface area contributed by atoms with Crippen molar-refractivity contribution in [1.82, 2.24) is 0 Å². The molecule has 2 aromatic rings. The molecule has 3 nitrogen and oxygen atoms in total. The second-order valence-corrected chi connectivity index (χ2v) is 3.86. The molecule has 0 atom stereocenters. The standard InChI is InChI=1S/C10H5N3S/c11-4-7-2-1-6-3-9(13)14-10(6)8(7)5-12/h1-3H,13H2. The van der Waals surface area contributed by atoms with Crippen LogP contribution in [0.15, 0.2) is 18.2 Å². The van der Waals surface area contributed by atoms with Gasteiger partial charge in [-0.3, -0.25) is 0 Å². The topological polar surface area (TPSA) is 73.6 Å². The minimum absolute atomic E-state index is 0.404. The molecule has 1 heterocycles. The molecule has 0 aliphatic carbocycles. The zero-order chi connectivity index (χ0) is 10.1. The molecule has 2 N–H and O–H groups in total. The molecule has 0 unspecified atom stereocenters. The predicted octanol–water partition coefficient (Wildman–Crippen LogP) is 2.23. The van der Waals surface area contributed by atoms with Gasteiger partial charge in [-0.15, -0.1) is 11.3 Å². The monoisotopic (exact) mass is 199 g/mol. The van der Waals surface area contributed by atoms with E-state index in [2.05, 4.69) is 0 Å². The van der Waals surface area contributed by atoms with E-state index in [1.54, 1.807) is 6.07 Å². The number of nitriles is 2. The van der Waals surface area contributed by atoms with Crippen molar-refractivity contribution < 1.29 is 0 Å². The fourth-order valence-corrected chi connectivity index (χ4v) is 2.25. The van der Waals surface area contributed by atoms with Gasteiger partial charge in [-0.25, -0.2) is 0 Å². The molecule has 1 aromatic heterocycles. The Morgan fingerprint density at radius 2 is 2.00 bits per heavy atom. The summed E-state index contributed by atoms with van der Waals surface area (Å²) < 4.78 is 0.795. The van der Waals surface area contributed by atoms with Crippen molar-refractivity contribution in [2.45, 2.75) is 0 Å². The van der Waals surface area contributed by atoms with Crippen molar-refractivity contribution in [3.8, 4) is 12.1 Å². The van der Waals surface area contributed by atoms with Crippen LogP contribution >= 0.6 is 11.3 Å². The second-order valence-electron chi connectivity index (χ2n) is 2.78. The van der Waals surface area contributed by atoms with Crippen molar-refractivity contribution in [3.63, 3.8) is 0 Å². The SMILES string of the molecule is N#Cc1ccc2cc(N)sc2c1C#N. The highest BCUT2D eigenvalue weighted by Crippen LogP contribution is 2.31. The first kappa shape index (κ1) is 8.55. The molecule has 0 saturated carbocycles. The molecular formula is C10H5N3S. The van der Waals surface area contributed by atoms with Crippen molar-refractivity contribution >= 4 is 26.4 Å². The third-order valence-electron chi connectivity index (χ3n) is 1.94. The number of benzene rings is 1. The summed E-state index contributed by atoms with van der Waals surface area (Å²) in [5, 5.41) is 19.3. The molecule has 0 aliphatic rings. The minimum Gasteiger partial charge on any atom is -0.391 e. The normalized spacial score (nSPS) is 9.57. The number of nitrogen functional groups attached to an aromatic ring is 1. The molecular weight excluding hydrogens is 194 g/mol. The molecule has 1 aromatic carbocycles. The first-order valence-corrected chi connectivity index (χ1v) is 4.70. The van der Waals surface area contributed by atoms with E-state index in [0.717, 1.165) is 10.1 Å². The number of nitrogens with two attached hydrogens (primary N) is 1. The van der Waals surface area contributed by atoms with Gasteiger partial charge in [0.1, 0.15) is 12.1 Å². The average Bonchev–Trinajstić information content (AvgIpc) is 2.56. The molecule has 0 radical (unpaired) electrons. The molecule has 0 spiro atoms. The zero-order valence-corrected chi connectivity index (χ0v) is 7.93. The Kier molecular flexibility index (Phi) is 1.85. The summed E-state index contributed by atoms with van der Waals surface area (Å²) >= 11 is 1.34. The lowest BCUT2D eigenvalue weighted by Gasteiger charge is -1.94. The van der Waals surface area contributed by atoms with Crippen LogP contribution in [0.2, 0.25) is 0 Å². The first-order valence-electron chi connectivity index (χ1n) is 3.88. The van der Waals surface area contributed by atoms with Gasteiger partial charge in [0, 0.05) is 0 Å². The highest BCUT2D eigenvalue weighted by molar-refractivity contribution is 7.22. The van der Waals surface area contributed by atoms with Crippen LogP contribution in [0.25, 0.3) is 10.1 Å². The van der Waals surface area contributed by atoms with Crippen LogP contribution in [0.1, 0.15) is 11.1 Å².